The number of ether oxygens (including phenoxy) is 1. The van der Waals surface area contributed by atoms with Gasteiger partial charge in [-0.1, -0.05) is 93.5 Å². The van der Waals surface area contributed by atoms with Gasteiger partial charge in [-0.05, 0) is 56.8 Å². The maximum Gasteiger partial charge on any atom is 0.331 e. The molecule has 41 heavy (non-hydrogen) atoms. The maximum absolute atomic E-state index is 12.9. The molecule has 3 aliphatic rings. The zero-order chi connectivity index (χ0) is 30.5. The zero-order valence-electron chi connectivity index (χ0n) is 26.2. The van der Waals surface area contributed by atoms with Gasteiger partial charge >= 0.3 is 5.97 Å². The molecular weight excluding hydrogens is 512 g/mol. The average Bonchev–Trinajstić information content (AvgIpc) is 2.89. The second kappa shape index (κ2) is 14.0. The van der Waals surface area contributed by atoms with E-state index in [1.165, 1.54) is 13.0 Å². The molecule has 11 atom stereocenters. The second-order valence-corrected chi connectivity index (χ2v) is 13.2. The number of carbonyl (C=O) groups excluding carboxylic acids is 2. The van der Waals surface area contributed by atoms with E-state index in [0.29, 0.717) is 17.8 Å². The molecule has 1 heterocycles. The van der Waals surface area contributed by atoms with Crippen LogP contribution >= 0.6 is 0 Å². The Morgan fingerprint density at radius 1 is 1.10 bits per heavy atom. The predicted molar refractivity (Wildman–Crippen MR) is 167 cm³/mol. The number of carbonyl (C=O) groups is 2. The van der Waals surface area contributed by atoms with Crippen molar-refractivity contribution < 1.29 is 19.4 Å². The fourth-order valence-corrected chi connectivity index (χ4v) is 7.04. The topological polar surface area (TPSA) is 102 Å². The highest BCUT2D eigenvalue weighted by Gasteiger charge is 2.48. The number of allylic oxidation sites excluding steroid dienone is 9. The van der Waals surface area contributed by atoms with Gasteiger partial charge in [0.05, 0.1) is 12.1 Å². The standard InChI is InChI=1S/C35H52N2O4/c1-21-10-9-11-32(39)41-34(25(5)33(40)26(6)37-27(7)38)24(4)13-12-22(2)18-28-14-15-29-30(35(28,8)17-16-21)19-23(3)20-31(29)36/h9-18,23-26,28-31,33-34,40H,19-20,36H2,1-8H3,(H,37,38)/b11-9+,13-12+,17-16+,21-10-,22-18+/t23-,24+,25+,26+,28+,29+,30+,31-,33-,34+,35-/m0/s1. The van der Waals surface area contributed by atoms with Gasteiger partial charge in [0.25, 0.3) is 0 Å². The smallest absolute Gasteiger partial charge is 0.331 e. The highest BCUT2D eigenvalue weighted by Crippen LogP contribution is 2.53. The molecule has 226 valence electrons. The third-order valence-corrected chi connectivity index (χ3v) is 9.52. The summed E-state index contributed by atoms with van der Waals surface area (Å²) < 4.78 is 5.91. The average molecular weight is 565 g/mol. The fraction of sp³-hybridized carbons (Fsp3) is 0.600. The maximum atomic E-state index is 12.9. The number of aliphatic hydroxyl groups is 1. The Bertz CT molecular complexity index is 1130. The first kappa shape index (κ1) is 32.8. The minimum atomic E-state index is -0.892. The molecule has 3 rings (SSSR count). The number of hydrogen-bond donors (Lipinski definition) is 3. The monoisotopic (exact) mass is 564 g/mol. The number of nitrogens with one attached hydrogen (secondary N) is 1. The van der Waals surface area contributed by atoms with Crippen LogP contribution < -0.4 is 11.1 Å². The van der Waals surface area contributed by atoms with E-state index in [1.807, 2.05) is 26.8 Å². The Hall–Kier alpha value is -2.70. The fourth-order valence-electron chi connectivity index (χ4n) is 7.04. The number of esters is 1. The van der Waals surface area contributed by atoms with Crippen molar-refractivity contribution in [3.05, 3.63) is 71.9 Å². The van der Waals surface area contributed by atoms with Crippen molar-refractivity contribution >= 4 is 11.9 Å². The SMILES string of the molecule is CC(=O)N[C@H](C)[C@@H](O)[C@@H](C)[C@@H]1OC(=O)/C=C/C=C(C)\C=C\[C@@]2(C)[C@H](C=C[C@@H]3[C@H]2C[C@H](C)C[C@@H]3N)/C=C(C)/C=C/[C@H]1C. The zero-order valence-corrected chi connectivity index (χ0v) is 26.2. The highest BCUT2D eigenvalue weighted by atomic mass is 16.5. The van der Waals surface area contributed by atoms with Crippen molar-refractivity contribution in [2.45, 2.75) is 92.5 Å². The molecule has 2 aliphatic carbocycles. The molecular formula is C35H52N2O4. The Morgan fingerprint density at radius 3 is 2.49 bits per heavy atom. The van der Waals surface area contributed by atoms with E-state index in [0.717, 1.165) is 24.0 Å². The molecule has 0 bridgehead atoms. The quantitative estimate of drug-likeness (QED) is 0.295. The summed E-state index contributed by atoms with van der Waals surface area (Å²) in [4.78, 5) is 24.5. The van der Waals surface area contributed by atoms with Crippen LogP contribution in [0, 0.1) is 40.9 Å². The van der Waals surface area contributed by atoms with Gasteiger partial charge in [0.2, 0.25) is 5.91 Å². The lowest BCUT2D eigenvalue weighted by Crippen LogP contribution is -2.50. The number of cyclic esters (lactones) is 1. The van der Waals surface area contributed by atoms with Crippen molar-refractivity contribution in [2.75, 3.05) is 0 Å². The van der Waals surface area contributed by atoms with Gasteiger partial charge in [-0.3, -0.25) is 4.79 Å². The van der Waals surface area contributed by atoms with Crippen LogP contribution in [0.3, 0.4) is 0 Å². The van der Waals surface area contributed by atoms with E-state index in [-0.39, 0.29) is 29.2 Å². The van der Waals surface area contributed by atoms with E-state index >= 15 is 0 Å². The summed E-state index contributed by atoms with van der Waals surface area (Å²) >= 11 is 0. The lowest BCUT2D eigenvalue weighted by molar-refractivity contribution is -0.151. The second-order valence-electron chi connectivity index (χ2n) is 13.2. The van der Waals surface area contributed by atoms with Crippen LogP contribution in [0.1, 0.15) is 68.2 Å². The summed E-state index contributed by atoms with van der Waals surface area (Å²) in [5, 5.41) is 13.8. The van der Waals surface area contributed by atoms with Gasteiger partial charge in [-0.25, -0.2) is 4.79 Å². The number of aliphatic hydroxyl groups excluding tert-OH is 1. The Labute approximate surface area is 247 Å². The molecule has 4 N–H and O–H groups in total. The summed E-state index contributed by atoms with van der Waals surface area (Å²) in [5.41, 5.74) is 8.74. The molecule has 0 radical (unpaired) electrons. The van der Waals surface area contributed by atoms with Crippen molar-refractivity contribution in [3.8, 4) is 0 Å². The molecule has 6 heteroatoms. The normalized spacial score (nSPS) is 41.5. The third kappa shape index (κ3) is 8.20. The van der Waals surface area contributed by atoms with Crippen molar-refractivity contribution in [3.63, 3.8) is 0 Å². The van der Waals surface area contributed by atoms with E-state index < -0.39 is 30.1 Å². The summed E-state index contributed by atoms with van der Waals surface area (Å²) in [7, 11) is 0. The van der Waals surface area contributed by atoms with Gasteiger partial charge in [0, 0.05) is 36.8 Å². The van der Waals surface area contributed by atoms with Crippen LogP contribution in [0.2, 0.25) is 0 Å². The first-order valence-electron chi connectivity index (χ1n) is 15.2. The van der Waals surface area contributed by atoms with Gasteiger partial charge in [0.1, 0.15) is 6.10 Å². The lowest BCUT2D eigenvalue weighted by Gasteiger charge is -2.51. The van der Waals surface area contributed by atoms with E-state index in [1.54, 1.807) is 13.0 Å². The summed E-state index contributed by atoms with van der Waals surface area (Å²) in [6.07, 6.45) is 21.5. The first-order chi connectivity index (χ1) is 19.2. The number of nitrogens with two attached hydrogens (primary N) is 1. The Balaban J connectivity index is 2.02. The van der Waals surface area contributed by atoms with Crippen molar-refractivity contribution in [1.29, 1.82) is 0 Å². The molecule has 6 nitrogen and oxygen atoms in total. The molecule has 1 amide bonds. The van der Waals surface area contributed by atoms with E-state index in [2.05, 4.69) is 68.6 Å². The third-order valence-electron chi connectivity index (χ3n) is 9.52. The first-order valence-corrected chi connectivity index (χ1v) is 15.2. The molecule has 0 spiro atoms. The minimum Gasteiger partial charge on any atom is -0.458 e. The Morgan fingerprint density at radius 2 is 1.80 bits per heavy atom. The molecule has 0 unspecified atom stereocenters. The lowest BCUT2D eigenvalue weighted by atomic mass is 9.53. The molecule has 1 aliphatic heterocycles. The van der Waals surface area contributed by atoms with Crippen LogP contribution in [0.4, 0.5) is 0 Å². The molecule has 1 saturated carbocycles. The van der Waals surface area contributed by atoms with Crippen LogP contribution in [0.15, 0.2) is 71.9 Å². The largest absolute Gasteiger partial charge is 0.458 e. The number of rotatable bonds is 4. The summed E-state index contributed by atoms with van der Waals surface area (Å²) in [6.45, 7) is 15.9. The van der Waals surface area contributed by atoms with Crippen LogP contribution in [-0.2, 0) is 14.3 Å². The molecule has 0 aromatic carbocycles. The summed E-state index contributed by atoms with van der Waals surface area (Å²) in [5.74, 6) is 0.316. The minimum absolute atomic E-state index is 0.109. The van der Waals surface area contributed by atoms with Gasteiger partial charge in [-0.2, -0.15) is 0 Å². The Kier molecular flexibility index (Phi) is 11.2. The van der Waals surface area contributed by atoms with Crippen LogP contribution in [0.5, 0.6) is 0 Å². The van der Waals surface area contributed by atoms with Crippen molar-refractivity contribution in [1.82, 2.24) is 5.32 Å². The molecule has 0 aromatic rings. The number of hydrogen-bond acceptors (Lipinski definition) is 5. The van der Waals surface area contributed by atoms with Crippen LogP contribution in [0.25, 0.3) is 0 Å². The number of fused-ring (bicyclic) bond motifs is 3. The van der Waals surface area contributed by atoms with E-state index in [4.69, 9.17) is 10.5 Å². The van der Waals surface area contributed by atoms with Gasteiger partial charge in [-0.15, -0.1) is 0 Å². The summed E-state index contributed by atoms with van der Waals surface area (Å²) in [6, 6.07) is -0.312. The van der Waals surface area contributed by atoms with E-state index in [9.17, 15) is 14.7 Å². The highest BCUT2D eigenvalue weighted by molar-refractivity contribution is 5.82. The van der Waals surface area contributed by atoms with Crippen LogP contribution in [-0.4, -0.2) is 41.3 Å². The molecule has 1 fully saturated rings. The van der Waals surface area contributed by atoms with Crippen molar-refractivity contribution in [2.24, 2.45) is 46.7 Å². The van der Waals surface area contributed by atoms with Gasteiger partial charge in [0.15, 0.2) is 0 Å². The number of amides is 1. The predicted octanol–water partition coefficient (Wildman–Crippen LogP) is 5.81. The van der Waals surface area contributed by atoms with Gasteiger partial charge < -0.3 is 20.9 Å². The molecule has 0 aromatic heterocycles. The molecule has 0 saturated heterocycles.